The predicted octanol–water partition coefficient (Wildman–Crippen LogP) is 1.76. The molecule has 3 nitrogen and oxygen atoms in total. The van der Waals surface area contributed by atoms with Crippen LogP contribution in [0, 0.1) is 11.8 Å². The number of nitrogens with two attached hydrogens (primary N) is 1. The number of amides is 1. The number of carbonyl (C=O) groups excluding carboxylic acids is 1. The number of nitrogens with zero attached hydrogens (tertiary/aromatic N) is 1. The smallest absolute Gasteiger partial charge is 0.222 e. The first-order valence-electron chi connectivity index (χ1n) is 6.70. The third-order valence-electron chi connectivity index (χ3n) is 4.21. The number of rotatable bonds is 2. The second kappa shape index (κ2) is 5.17. The highest BCUT2D eigenvalue weighted by Gasteiger charge is 2.30. The van der Waals surface area contributed by atoms with Gasteiger partial charge in [0.25, 0.3) is 0 Å². The maximum absolute atomic E-state index is 12.1. The number of hydrogen-bond donors (Lipinski definition) is 1. The largest absolute Gasteiger partial charge is 0.341 e. The van der Waals surface area contributed by atoms with Crippen molar-refractivity contribution in [2.45, 2.75) is 51.5 Å². The summed E-state index contributed by atoms with van der Waals surface area (Å²) in [4.78, 5) is 14.1. The van der Waals surface area contributed by atoms with Crippen molar-refractivity contribution in [3.05, 3.63) is 0 Å². The first-order valence-corrected chi connectivity index (χ1v) is 6.70. The van der Waals surface area contributed by atoms with Crippen molar-refractivity contribution in [2.75, 3.05) is 13.1 Å². The molecule has 2 fully saturated rings. The highest BCUT2D eigenvalue weighted by atomic mass is 16.2. The van der Waals surface area contributed by atoms with Gasteiger partial charge in [0.15, 0.2) is 0 Å². The summed E-state index contributed by atoms with van der Waals surface area (Å²) >= 11 is 0. The number of hydrogen-bond acceptors (Lipinski definition) is 2. The second-order valence-electron chi connectivity index (χ2n) is 5.65. The molecule has 2 atom stereocenters. The zero-order valence-electron chi connectivity index (χ0n) is 10.3. The normalized spacial score (nSPS) is 32.0. The van der Waals surface area contributed by atoms with E-state index in [0.717, 1.165) is 19.5 Å². The van der Waals surface area contributed by atoms with Crippen LogP contribution in [0.1, 0.15) is 45.4 Å². The van der Waals surface area contributed by atoms with Crippen LogP contribution < -0.4 is 5.73 Å². The van der Waals surface area contributed by atoms with Crippen LogP contribution >= 0.6 is 0 Å². The Hall–Kier alpha value is -0.570. The van der Waals surface area contributed by atoms with Crippen molar-refractivity contribution in [3.63, 3.8) is 0 Å². The molecule has 1 saturated carbocycles. The average molecular weight is 224 g/mol. The molecule has 3 heteroatoms. The van der Waals surface area contributed by atoms with Crippen LogP contribution in [-0.2, 0) is 4.79 Å². The molecule has 1 aliphatic carbocycles. The van der Waals surface area contributed by atoms with E-state index < -0.39 is 0 Å². The van der Waals surface area contributed by atoms with Gasteiger partial charge in [-0.05, 0) is 24.7 Å². The molecule has 2 rings (SSSR count). The summed E-state index contributed by atoms with van der Waals surface area (Å²) in [6.07, 6.45) is 7.25. The molecule has 0 aromatic rings. The minimum absolute atomic E-state index is 0.190. The Labute approximate surface area is 98.4 Å². The summed E-state index contributed by atoms with van der Waals surface area (Å²) in [5, 5.41) is 0. The minimum Gasteiger partial charge on any atom is -0.341 e. The van der Waals surface area contributed by atoms with Crippen LogP contribution in [0.15, 0.2) is 0 Å². The summed E-state index contributed by atoms with van der Waals surface area (Å²) in [7, 11) is 0. The fraction of sp³-hybridized carbons (Fsp3) is 0.923. The molecular weight excluding hydrogens is 200 g/mol. The second-order valence-corrected chi connectivity index (χ2v) is 5.65. The lowest BCUT2D eigenvalue weighted by Crippen LogP contribution is -2.33. The molecule has 0 aromatic heterocycles. The van der Waals surface area contributed by atoms with E-state index in [1.807, 2.05) is 4.90 Å². The van der Waals surface area contributed by atoms with Crippen LogP contribution in [0.3, 0.4) is 0 Å². The molecule has 2 unspecified atom stereocenters. The Morgan fingerprint density at radius 2 is 1.94 bits per heavy atom. The summed E-state index contributed by atoms with van der Waals surface area (Å²) in [6.45, 7) is 3.78. The van der Waals surface area contributed by atoms with Crippen LogP contribution in [0.5, 0.6) is 0 Å². The molecular formula is C13H24N2O. The first-order chi connectivity index (χ1) is 7.66. The maximum Gasteiger partial charge on any atom is 0.222 e. The van der Waals surface area contributed by atoms with E-state index in [9.17, 15) is 4.79 Å². The van der Waals surface area contributed by atoms with Gasteiger partial charge in [0, 0.05) is 25.6 Å². The molecule has 0 aromatic carbocycles. The minimum atomic E-state index is 0.190. The summed E-state index contributed by atoms with van der Waals surface area (Å²) in [6, 6.07) is 0.190. The molecule has 2 aliphatic rings. The molecule has 0 radical (unpaired) electrons. The topological polar surface area (TPSA) is 46.3 Å². The Morgan fingerprint density at radius 3 is 2.50 bits per heavy atom. The van der Waals surface area contributed by atoms with Crippen LogP contribution in [0.4, 0.5) is 0 Å². The molecule has 1 saturated heterocycles. The molecule has 1 heterocycles. The van der Waals surface area contributed by atoms with Crippen molar-refractivity contribution in [1.29, 1.82) is 0 Å². The Bertz CT molecular complexity index is 238. The molecule has 2 N–H and O–H groups in total. The van der Waals surface area contributed by atoms with Gasteiger partial charge >= 0.3 is 0 Å². The van der Waals surface area contributed by atoms with E-state index >= 15 is 0 Å². The summed E-state index contributed by atoms with van der Waals surface area (Å²) in [5.74, 6) is 1.45. The number of likely N-dealkylation sites (tertiary alicyclic amines) is 1. The lowest BCUT2D eigenvalue weighted by atomic mass is 9.87. The van der Waals surface area contributed by atoms with Crippen LogP contribution in [-0.4, -0.2) is 29.9 Å². The molecule has 92 valence electrons. The van der Waals surface area contributed by atoms with Gasteiger partial charge in [0.2, 0.25) is 5.91 Å². The van der Waals surface area contributed by atoms with Crippen LogP contribution in [0.2, 0.25) is 0 Å². The van der Waals surface area contributed by atoms with Crippen molar-refractivity contribution in [3.8, 4) is 0 Å². The standard InChI is InChI=1S/C13H24N2O/c1-10-8-15(9-12(10)14)13(16)7-11-5-3-2-4-6-11/h10-12H,2-9,14H2,1H3. The SMILES string of the molecule is CC1CN(C(=O)CC2CCCCC2)CC1N. The first kappa shape index (κ1) is 11.9. The van der Waals surface area contributed by atoms with Gasteiger partial charge in [-0.25, -0.2) is 0 Å². The highest BCUT2D eigenvalue weighted by molar-refractivity contribution is 5.76. The van der Waals surface area contributed by atoms with E-state index in [1.165, 1.54) is 32.1 Å². The quantitative estimate of drug-likeness (QED) is 0.777. The van der Waals surface area contributed by atoms with Gasteiger partial charge in [-0.3, -0.25) is 4.79 Å². The van der Waals surface area contributed by atoms with Crippen molar-refractivity contribution >= 4 is 5.91 Å². The van der Waals surface area contributed by atoms with E-state index in [1.54, 1.807) is 0 Å². The van der Waals surface area contributed by atoms with Crippen molar-refractivity contribution in [2.24, 2.45) is 17.6 Å². The lowest BCUT2D eigenvalue weighted by molar-refractivity contribution is -0.131. The third-order valence-corrected chi connectivity index (χ3v) is 4.21. The number of carbonyl (C=O) groups is 1. The van der Waals surface area contributed by atoms with Crippen LogP contribution in [0.25, 0.3) is 0 Å². The zero-order valence-corrected chi connectivity index (χ0v) is 10.3. The third kappa shape index (κ3) is 2.76. The van der Waals surface area contributed by atoms with E-state index in [0.29, 0.717) is 17.7 Å². The average Bonchev–Trinajstić information content (AvgIpc) is 2.61. The zero-order chi connectivity index (χ0) is 11.5. The van der Waals surface area contributed by atoms with E-state index in [-0.39, 0.29) is 6.04 Å². The fourth-order valence-corrected chi connectivity index (χ4v) is 2.96. The molecule has 16 heavy (non-hydrogen) atoms. The molecule has 1 aliphatic heterocycles. The predicted molar refractivity (Wildman–Crippen MR) is 64.9 cm³/mol. The van der Waals surface area contributed by atoms with E-state index in [2.05, 4.69) is 6.92 Å². The van der Waals surface area contributed by atoms with E-state index in [4.69, 9.17) is 5.73 Å². The maximum atomic E-state index is 12.1. The Morgan fingerprint density at radius 1 is 1.25 bits per heavy atom. The van der Waals surface area contributed by atoms with Gasteiger partial charge in [0.05, 0.1) is 0 Å². The van der Waals surface area contributed by atoms with Gasteiger partial charge in [0.1, 0.15) is 0 Å². The van der Waals surface area contributed by atoms with Crippen molar-refractivity contribution in [1.82, 2.24) is 4.90 Å². The Balaban J connectivity index is 1.79. The Kier molecular flexibility index (Phi) is 3.85. The van der Waals surface area contributed by atoms with Gasteiger partial charge in [-0.15, -0.1) is 0 Å². The fourth-order valence-electron chi connectivity index (χ4n) is 2.96. The highest BCUT2D eigenvalue weighted by Crippen LogP contribution is 2.27. The van der Waals surface area contributed by atoms with Gasteiger partial charge in [-0.2, -0.15) is 0 Å². The molecule has 0 spiro atoms. The molecule has 0 bridgehead atoms. The van der Waals surface area contributed by atoms with Gasteiger partial charge in [-0.1, -0.05) is 26.2 Å². The summed E-state index contributed by atoms with van der Waals surface area (Å²) in [5.41, 5.74) is 5.95. The summed E-state index contributed by atoms with van der Waals surface area (Å²) < 4.78 is 0. The molecule has 1 amide bonds. The van der Waals surface area contributed by atoms with Gasteiger partial charge < -0.3 is 10.6 Å². The monoisotopic (exact) mass is 224 g/mol. The lowest BCUT2D eigenvalue weighted by Gasteiger charge is -2.24. The van der Waals surface area contributed by atoms with Crippen molar-refractivity contribution < 1.29 is 4.79 Å².